The van der Waals surface area contributed by atoms with Crippen LogP contribution in [0, 0.1) is 11.8 Å². The lowest BCUT2D eigenvalue weighted by Crippen LogP contribution is -2.36. The fourth-order valence-corrected chi connectivity index (χ4v) is 5.79. The number of alkyl halides is 2. The van der Waals surface area contributed by atoms with Crippen LogP contribution in [0.4, 0.5) is 20.4 Å². The van der Waals surface area contributed by atoms with E-state index in [-0.39, 0.29) is 53.1 Å². The Kier molecular flexibility index (Phi) is 9.52. The average molecular weight is 613 g/mol. The molecule has 1 aliphatic rings. The number of benzene rings is 1. The van der Waals surface area contributed by atoms with E-state index in [0.717, 1.165) is 22.5 Å². The minimum Gasteiger partial charge on any atom is -0.419 e. The van der Waals surface area contributed by atoms with Gasteiger partial charge in [-0.15, -0.1) is 10.2 Å². The minimum absolute atomic E-state index is 0.0424. The van der Waals surface area contributed by atoms with E-state index in [0.29, 0.717) is 18.9 Å². The van der Waals surface area contributed by atoms with Crippen LogP contribution >= 0.6 is 11.6 Å². The quantitative estimate of drug-likeness (QED) is 0.283. The summed E-state index contributed by atoms with van der Waals surface area (Å²) in [4.78, 5) is 5.93. The number of ether oxygens (including phenoxy) is 1. The number of nitrogens with zero attached hydrogens (tertiary/aromatic N) is 5. The van der Waals surface area contributed by atoms with Crippen LogP contribution in [0.3, 0.4) is 0 Å². The normalized spacial score (nSPS) is 18.4. The molecule has 1 fully saturated rings. The van der Waals surface area contributed by atoms with Crippen molar-refractivity contribution in [3.05, 3.63) is 52.9 Å². The third kappa shape index (κ3) is 7.70. The van der Waals surface area contributed by atoms with Gasteiger partial charge in [0.15, 0.2) is 5.82 Å². The van der Waals surface area contributed by atoms with Crippen LogP contribution in [0.5, 0.6) is 0 Å². The fourth-order valence-electron chi connectivity index (χ4n) is 4.61. The molecule has 0 saturated heterocycles. The fraction of sp³-hybridized carbons (Fsp3) is 0.519. The molecule has 0 spiro atoms. The zero-order chi connectivity index (χ0) is 29.9. The van der Waals surface area contributed by atoms with Crippen molar-refractivity contribution >= 4 is 33.3 Å². The number of sulfonamides is 1. The molecule has 2 heterocycles. The topological polar surface area (TPSA) is 128 Å². The van der Waals surface area contributed by atoms with E-state index >= 15 is 0 Å². The Labute approximate surface area is 243 Å². The van der Waals surface area contributed by atoms with Gasteiger partial charge < -0.3 is 19.8 Å². The van der Waals surface area contributed by atoms with E-state index in [2.05, 4.69) is 15.2 Å². The SMILES string of the molecule is COCCN(c1nc(N(CC(F)F)CC2CC2C)cc(-c2nnc([C@](C)(N)Cc3ccccc3)o2)c1Cl)S(C)(=O)=O. The molecule has 1 aliphatic carbocycles. The largest absolute Gasteiger partial charge is 0.419 e. The zero-order valence-electron chi connectivity index (χ0n) is 23.4. The van der Waals surface area contributed by atoms with Crippen LogP contribution in [-0.4, -0.2) is 69.6 Å². The van der Waals surface area contributed by atoms with Crippen LogP contribution in [0.2, 0.25) is 5.02 Å². The molecule has 2 unspecified atom stereocenters. The second-order valence-electron chi connectivity index (χ2n) is 10.8. The molecule has 1 saturated carbocycles. The summed E-state index contributed by atoms with van der Waals surface area (Å²) in [5.74, 6) is 0.648. The van der Waals surface area contributed by atoms with Crippen LogP contribution in [0.15, 0.2) is 40.8 Å². The Morgan fingerprint density at radius 1 is 1.27 bits per heavy atom. The van der Waals surface area contributed by atoms with Gasteiger partial charge in [0.1, 0.15) is 5.82 Å². The summed E-state index contributed by atoms with van der Waals surface area (Å²) >= 11 is 6.76. The van der Waals surface area contributed by atoms with Gasteiger partial charge in [-0.05, 0) is 43.2 Å². The Morgan fingerprint density at radius 2 is 1.95 bits per heavy atom. The average Bonchev–Trinajstić information content (AvgIpc) is 3.35. The lowest BCUT2D eigenvalue weighted by Gasteiger charge is -2.28. The van der Waals surface area contributed by atoms with Crippen molar-refractivity contribution in [1.29, 1.82) is 0 Å². The molecular formula is C27H35ClF2N6O4S. The molecule has 3 aromatic rings. The number of hydrogen-bond donors (Lipinski definition) is 1. The summed E-state index contributed by atoms with van der Waals surface area (Å²) < 4.78 is 65.1. The van der Waals surface area contributed by atoms with E-state index in [4.69, 9.17) is 26.5 Å². The number of rotatable bonds is 14. The van der Waals surface area contributed by atoms with E-state index in [1.165, 1.54) is 18.1 Å². The van der Waals surface area contributed by atoms with Crippen molar-refractivity contribution in [2.24, 2.45) is 17.6 Å². The number of aromatic nitrogens is 3. The van der Waals surface area contributed by atoms with E-state index in [9.17, 15) is 17.2 Å². The van der Waals surface area contributed by atoms with Crippen molar-refractivity contribution in [2.45, 2.75) is 38.7 Å². The third-order valence-corrected chi connectivity index (χ3v) is 8.56. The first-order chi connectivity index (χ1) is 19.3. The van der Waals surface area contributed by atoms with Gasteiger partial charge in [0.05, 0.1) is 42.1 Å². The van der Waals surface area contributed by atoms with Gasteiger partial charge in [0, 0.05) is 13.7 Å². The number of anilines is 2. The van der Waals surface area contributed by atoms with Gasteiger partial charge >= 0.3 is 0 Å². The highest BCUT2D eigenvalue weighted by Crippen LogP contribution is 2.42. The molecule has 224 valence electrons. The lowest BCUT2D eigenvalue weighted by molar-refractivity contribution is 0.154. The summed E-state index contributed by atoms with van der Waals surface area (Å²) in [7, 11) is -2.47. The maximum atomic E-state index is 13.7. The molecule has 2 N–H and O–H groups in total. The molecule has 41 heavy (non-hydrogen) atoms. The van der Waals surface area contributed by atoms with Crippen LogP contribution in [-0.2, 0) is 26.7 Å². The van der Waals surface area contributed by atoms with Crippen molar-refractivity contribution in [2.75, 3.05) is 48.8 Å². The molecule has 3 atom stereocenters. The first kappa shape index (κ1) is 31.1. The Balaban J connectivity index is 1.81. The van der Waals surface area contributed by atoms with Crippen LogP contribution in [0.1, 0.15) is 31.7 Å². The van der Waals surface area contributed by atoms with Gasteiger partial charge in [-0.3, -0.25) is 4.31 Å². The minimum atomic E-state index is -3.90. The van der Waals surface area contributed by atoms with Crippen LogP contribution < -0.4 is 14.9 Å². The van der Waals surface area contributed by atoms with Crippen molar-refractivity contribution in [3.8, 4) is 11.5 Å². The summed E-state index contributed by atoms with van der Waals surface area (Å²) in [6.07, 6.45) is -0.348. The van der Waals surface area contributed by atoms with Gasteiger partial charge in [0.2, 0.25) is 21.8 Å². The van der Waals surface area contributed by atoms with E-state index in [1.54, 1.807) is 6.92 Å². The molecule has 0 aliphatic heterocycles. The highest BCUT2D eigenvalue weighted by atomic mass is 35.5. The number of pyridine rings is 1. The summed E-state index contributed by atoms with van der Waals surface area (Å²) in [5.41, 5.74) is 6.63. The molecule has 0 amide bonds. The second-order valence-corrected chi connectivity index (χ2v) is 13.0. The number of methoxy groups -OCH3 is 1. The van der Waals surface area contributed by atoms with Crippen molar-refractivity contribution in [1.82, 2.24) is 15.2 Å². The standard InChI is InChI=1S/C27H35ClF2N6O4S/c1-17-12-19(17)15-35(16-21(29)30)22-13-20(23(28)24(32-22)36(10-11-39-3)41(4,37)38)25-33-34-26(40-25)27(2,31)14-18-8-6-5-7-9-18/h5-9,13,17,19,21H,10-12,14-16,31H2,1-4H3/t17?,19?,27-/m1/s1. The summed E-state index contributed by atoms with van der Waals surface area (Å²) in [6, 6.07) is 11.0. The molecule has 10 nitrogen and oxygen atoms in total. The molecule has 14 heteroatoms. The number of hydrogen-bond acceptors (Lipinski definition) is 9. The molecule has 0 bridgehead atoms. The maximum Gasteiger partial charge on any atom is 0.255 e. The predicted octanol–water partition coefficient (Wildman–Crippen LogP) is 4.34. The predicted molar refractivity (Wildman–Crippen MR) is 154 cm³/mol. The zero-order valence-corrected chi connectivity index (χ0v) is 25.0. The Morgan fingerprint density at radius 3 is 2.54 bits per heavy atom. The van der Waals surface area contributed by atoms with Crippen molar-refractivity contribution < 1.29 is 26.4 Å². The molecule has 1 aromatic carbocycles. The molecular weight excluding hydrogens is 578 g/mol. The molecule has 4 rings (SSSR count). The highest BCUT2D eigenvalue weighted by Gasteiger charge is 2.36. The maximum absolute atomic E-state index is 13.7. The van der Waals surface area contributed by atoms with Gasteiger partial charge in [-0.2, -0.15) is 0 Å². The van der Waals surface area contributed by atoms with Gasteiger partial charge in [-0.1, -0.05) is 48.9 Å². The Hall–Kier alpha value is -2.87. The third-order valence-electron chi connectivity index (χ3n) is 7.03. The summed E-state index contributed by atoms with van der Waals surface area (Å²) in [5, 5.41) is 8.22. The second kappa shape index (κ2) is 12.6. The molecule has 2 aromatic heterocycles. The lowest BCUT2D eigenvalue weighted by atomic mass is 9.94. The molecule has 0 radical (unpaired) electrons. The van der Waals surface area contributed by atoms with Gasteiger partial charge in [0.25, 0.3) is 6.43 Å². The first-order valence-electron chi connectivity index (χ1n) is 13.2. The summed E-state index contributed by atoms with van der Waals surface area (Å²) in [6.45, 7) is 3.46. The number of nitrogens with two attached hydrogens (primary N) is 1. The first-order valence-corrected chi connectivity index (χ1v) is 15.4. The monoisotopic (exact) mass is 612 g/mol. The van der Waals surface area contributed by atoms with Crippen LogP contribution in [0.25, 0.3) is 11.5 Å². The van der Waals surface area contributed by atoms with Gasteiger partial charge in [-0.25, -0.2) is 22.2 Å². The highest BCUT2D eigenvalue weighted by molar-refractivity contribution is 7.92. The Bertz CT molecular complexity index is 1440. The number of halogens is 3. The smallest absolute Gasteiger partial charge is 0.255 e. The van der Waals surface area contributed by atoms with Crippen molar-refractivity contribution in [3.63, 3.8) is 0 Å². The van der Waals surface area contributed by atoms with E-state index in [1.807, 2.05) is 37.3 Å². The van der Waals surface area contributed by atoms with E-state index < -0.39 is 28.5 Å².